The van der Waals surface area contributed by atoms with E-state index >= 15 is 0 Å². The van der Waals surface area contributed by atoms with Crippen LogP contribution >= 0.6 is 0 Å². The van der Waals surface area contributed by atoms with Crippen LogP contribution < -0.4 is 0 Å². The van der Waals surface area contributed by atoms with Crippen molar-refractivity contribution in [3.05, 3.63) is 66.0 Å². The van der Waals surface area contributed by atoms with Crippen LogP contribution in [-0.2, 0) is 25.5 Å². The van der Waals surface area contributed by atoms with Gasteiger partial charge in [-0.25, -0.2) is 0 Å². The molecule has 4 rings (SSSR count). The third kappa shape index (κ3) is 3.92. The third-order valence-electron chi connectivity index (χ3n) is 6.02. The predicted octanol–water partition coefficient (Wildman–Crippen LogP) is 1.99. The smallest absolute Gasteiger partial charge is 0.311 e. The van der Waals surface area contributed by atoms with Gasteiger partial charge >= 0.3 is 5.97 Å². The monoisotopic (exact) mass is 407 g/mol. The van der Waals surface area contributed by atoms with Gasteiger partial charge in [0.2, 0.25) is 11.8 Å². The van der Waals surface area contributed by atoms with Gasteiger partial charge in [0.15, 0.2) is 0 Å². The first-order chi connectivity index (χ1) is 14.6. The fourth-order valence-electron chi connectivity index (χ4n) is 4.61. The van der Waals surface area contributed by atoms with Gasteiger partial charge in [-0.05, 0) is 36.1 Å². The van der Waals surface area contributed by atoms with E-state index in [0.717, 1.165) is 11.1 Å². The van der Waals surface area contributed by atoms with Crippen molar-refractivity contribution in [2.24, 2.45) is 5.92 Å². The maximum absolute atomic E-state index is 13.1. The predicted molar refractivity (Wildman–Crippen MR) is 109 cm³/mol. The largest absolute Gasteiger partial charge is 0.469 e. The molecule has 1 aromatic heterocycles. The van der Waals surface area contributed by atoms with E-state index in [1.807, 2.05) is 42.5 Å². The summed E-state index contributed by atoms with van der Waals surface area (Å²) in [4.78, 5) is 45.7. The molecule has 0 N–H and O–H groups in total. The molecule has 156 valence electrons. The lowest BCUT2D eigenvalue weighted by Gasteiger charge is -2.40. The molecular weight excluding hydrogens is 382 g/mol. The van der Waals surface area contributed by atoms with E-state index in [1.54, 1.807) is 22.2 Å². The number of hydrogen-bond acceptors (Lipinski definition) is 5. The number of piperazine rings is 1. The Kier molecular flexibility index (Phi) is 5.79. The number of hydrogen-bond donors (Lipinski definition) is 0. The molecule has 7 nitrogen and oxygen atoms in total. The lowest BCUT2D eigenvalue weighted by Crippen LogP contribution is -2.55. The third-order valence-corrected chi connectivity index (χ3v) is 6.02. The maximum Gasteiger partial charge on any atom is 0.311 e. The zero-order valence-electron chi connectivity index (χ0n) is 16.9. The summed E-state index contributed by atoms with van der Waals surface area (Å²) >= 11 is 0. The molecule has 3 atom stereocenters. The summed E-state index contributed by atoms with van der Waals surface area (Å²) < 4.78 is 5.03. The number of aromatic nitrogens is 1. The molecule has 2 aliphatic heterocycles. The maximum atomic E-state index is 13.1. The van der Waals surface area contributed by atoms with Crippen molar-refractivity contribution >= 4 is 17.8 Å². The van der Waals surface area contributed by atoms with Gasteiger partial charge in [-0.1, -0.05) is 30.3 Å². The van der Waals surface area contributed by atoms with Crippen molar-refractivity contribution in [1.29, 1.82) is 0 Å². The number of benzene rings is 1. The molecule has 7 heteroatoms. The van der Waals surface area contributed by atoms with Gasteiger partial charge in [0.1, 0.15) is 0 Å². The van der Waals surface area contributed by atoms with Crippen LogP contribution in [0, 0.1) is 5.92 Å². The van der Waals surface area contributed by atoms with Gasteiger partial charge in [0.25, 0.3) is 0 Å². The van der Waals surface area contributed by atoms with Crippen molar-refractivity contribution in [1.82, 2.24) is 14.8 Å². The van der Waals surface area contributed by atoms with Crippen LogP contribution in [0.25, 0.3) is 0 Å². The highest BCUT2D eigenvalue weighted by Crippen LogP contribution is 2.43. The first-order valence-electron chi connectivity index (χ1n) is 10.2. The number of carbonyl (C=O) groups excluding carboxylic acids is 3. The van der Waals surface area contributed by atoms with E-state index < -0.39 is 5.92 Å². The van der Waals surface area contributed by atoms with E-state index in [9.17, 15) is 14.4 Å². The highest BCUT2D eigenvalue weighted by Gasteiger charge is 2.51. The van der Waals surface area contributed by atoms with Crippen molar-refractivity contribution in [3.63, 3.8) is 0 Å². The minimum atomic E-state index is -0.432. The Morgan fingerprint density at radius 1 is 1.13 bits per heavy atom. The standard InChI is InChI=1S/C23H25N3O4/c1-30-23(29)19-13-18-14-25(20(27)8-7-16-9-11-24-12-10-16)15-21(28)26(18)22(19)17-5-3-2-4-6-17/h2-6,9-12,18-19,22H,7-8,13-15H2,1H3/t18-,19-,22-/m0/s1. The number of nitrogens with zero attached hydrogens (tertiary/aromatic N) is 3. The first-order valence-corrected chi connectivity index (χ1v) is 10.2. The summed E-state index contributed by atoms with van der Waals surface area (Å²) in [6.07, 6.45) is 4.85. The van der Waals surface area contributed by atoms with E-state index in [-0.39, 0.29) is 36.4 Å². The molecule has 2 amide bonds. The van der Waals surface area contributed by atoms with Gasteiger partial charge in [0.05, 0.1) is 31.7 Å². The molecule has 0 radical (unpaired) electrons. The van der Waals surface area contributed by atoms with E-state index in [2.05, 4.69) is 4.98 Å². The molecule has 2 aromatic rings. The number of aryl methyl sites for hydroxylation is 1. The molecule has 0 saturated carbocycles. The number of pyridine rings is 1. The van der Waals surface area contributed by atoms with Crippen molar-refractivity contribution in [3.8, 4) is 0 Å². The van der Waals surface area contributed by atoms with E-state index in [0.29, 0.717) is 25.8 Å². The fourth-order valence-corrected chi connectivity index (χ4v) is 4.61. The van der Waals surface area contributed by atoms with Crippen molar-refractivity contribution < 1.29 is 19.1 Å². The molecule has 1 aromatic carbocycles. The van der Waals surface area contributed by atoms with Gasteiger partial charge in [-0.3, -0.25) is 19.4 Å². The number of rotatable bonds is 5. The van der Waals surface area contributed by atoms with Crippen LogP contribution in [0.2, 0.25) is 0 Å². The van der Waals surface area contributed by atoms with Crippen LogP contribution in [0.1, 0.15) is 30.0 Å². The number of amides is 2. The first kappa shape index (κ1) is 20.1. The molecule has 2 fully saturated rings. The summed E-state index contributed by atoms with van der Waals surface area (Å²) in [5, 5.41) is 0. The SMILES string of the molecule is COC(=O)[C@H]1C[C@H]2CN(C(=O)CCc3ccncc3)CC(=O)N2[C@H]1c1ccccc1. The summed E-state index contributed by atoms with van der Waals surface area (Å²) in [5.74, 6) is -0.916. The van der Waals surface area contributed by atoms with E-state index in [1.165, 1.54) is 7.11 Å². The van der Waals surface area contributed by atoms with Crippen LogP contribution in [0.5, 0.6) is 0 Å². The van der Waals surface area contributed by atoms with Crippen LogP contribution in [-0.4, -0.2) is 58.8 Å². The minimum Gasteiger partial charge on any atom is -0.469 e. The highest BCUT2D eigenvalue weighted by molar-refractivity contribution is 5.88. The number of carbonyl (C=O) groups is 3. The molecule has 0 spiro atoms. The Labute approximate surface area is 175 Å². The number of ether oxygens (including phenoxy) is 1. The molecule has 2 saturated heterocycles. The quantitative estimate of drug-likeness (QED) is 0.708. The lowest BCUT2D eigenvalue weighted by atomic mass is 9.93. The summed E-state index contributed by atoms with van der Waals surface area (Å²) in [6, 6.07) is 12.8. The molecule has 0 unspecified atom stereocenters. The molecule has 0 bridgehead atoms. The zero-order chi connectivity index (χ0) is 21.1. The molecule has 3 heterocycles. The Balaban J connectivity index is 1.50. The van der Waals surface area contributed by atoms with Crippen LogP contribution in [0.3, 0.4) is 0 Å². The number of methoxy groups -OCH3 is 1. The summed E-state index contributed by atoms with van der Waals surface area (Å²) in [5.41, 5.74) is 1.96. The topological polar surface area (TPSA) is 79.8 Å². The van der Waals surface area contributed by atoms with Crippen LogP contribution in [0.4, 0.5) is 0 Å². The minimum absolute atomic E-state index is 0.0439. The van der Waals surface area contributed by atoms with Gasteiger partial charge < -0.3 is 14.5 Å². The second-order valence-electron chi connectivity index (χ2n) is 7.81. The number of fused-ring (bicyclic) bond motifs is 1. The highest BCUT2D eigenvalue weighted by atomic mass is 16.5. The second kappa shape index (κ2) is 8.65. The van der Waals surface area contributed by atoms with Gasteiger partial charge in [-0.2, -0.15) is 0 Å². The molecule has 0 aliphatic carbocycles. The molecular formula is C23H25N3O4. The Morgan fingerprint density at radius 3 is 2.57 bits per heavy atom. The van der Waals surface area contributed by atoms with Gasteiger partial charge in [0, 0.05) is 25.4 Å². The number of esters is 1. The Morgan fingerprint density at radius 2 is 1.87 bits per heavy atom. The zero-order valence-corrected chi connectivity index (χ0v) is 16.9. The normalized spacial score (nSPS) is 23.2. The fraction of sp³-hybridized carbons (Fsp3) is 0.391. The summed E-state index contributed by atoms with van der Waals surface area (Å²) in [7, 11) is 1.37. The van der Waals surface area contributed by atoms with Crippen LogP contribution in [0.15, 0.2) is 54.9 Å². The van der Waals surface area contributed by atoms with Crippen molar-refractivity contribution in [2.75, 3.05) is 20.2 Å². The molecule has 2 aliphatic rings. The van der Waals surface area contributed by atoms with Gasteiger partial charge in [-0.15, -0.1) is 0 Å². The average Bonchev–Trinajstić information content (AvgIpc) is 3.18. The molecule has 30 heavy (non-hydrogen) atoms. The lowest BCUT2D eigenvalue weighted by molar-refractivity contribution is -0.150. The van der Waals surface area contributed by atoms with E-state index in [4.69, 9.17) is 4.74 Å². The Bertz CT molecular complexity index is 919. The summed E-state index contributed by atoms with van der Waals surface area (Å²) in [6.45, 7) is 0.487. The average molecular weight is 407 g/mol. The Hall–Kier alpha value is -3.22. The second-order valence-corrected chi connectivity index (χ2v) is 7.81. The van der Waals surface area contributed by atoms with Crippen molar-refractivity contribution in [2.45, 2.75) is 31.3 Å².